The van der Waals surface area contributed by atoms with Gasteiger partial charge in [0.1, 0.15) is 5.69 Å². The number of hydrogen-bond donors (Lipinski definition) is 0. The van der Waals surface area contributed by atoms with Crippen molar-refractivity contribution in [1.82, 2.24) is 4.98 Å². The number of nitro groups is 1. The minimum Gasteiger partial charge on any atom is -0.258 e. The first-order valence-corrected chi connectivity index (χ1v) is 6.13. The zero-order valence-corrected chi connectivity index (χ0v) is 9.69. The van der Waals surface area contributed by atoms with Gasteiger partial charge in [0.05, 0.1) is 4.92 Å². The molecule has 0 aliphatic carbocycles. The van der Waals surface area contributed by atoms with Crippen LogP contribution in [0.5, 0.6) is 0 Å². The summed E-state index contributed by atoms with van der Waals surface area (Å²) in [6, 6.07) is 1.48. The molecule has 6 nitrogen and oxygen atoms in total. The van der Waals surface area contributed by atoms with E-state index in [4.69, 9.17) is 5.26 Å². The normalized spacial score (nSPS) is 12.1. The molecule has 1 atom stereocenters. The molecule has 1 aromatic heterocycles. The second-order valence-electron chi connectivity index (χ2n) is 3.14. The second-order valence-corrected chi connectivity index (χ2v) is 4.81. The number of nitrogens with zero attached hydrogens (tertiary/aromatic N) is 4. The van der Waals surface area contributed by atoms with Gasteiger partial charge in [-0.05, 0) is 18.7 Å². The first-order chi connectivity index (χ1) is 7.54. The number of aryl methyl sites for hydroxylation is 1. The summed E-state index contributed by atoms with van der Waals surface area (Å²) in [6.45, 7) is 1.59. The average Bonchev–Trinajstić information content (AvgIpc) is 2.21. The molecule has 0 aliphatic rings. The van der Waals surface area contributed by atoms with Crippen molar-refractivity contribution in [3.63, 3.8) is 0 Å². The van der Waals surface area contributed by atoms with Gasteiger partial charge in [0.25, 0.3) is 5.69 Å². The summed E-state index contributed by atoms with van der Waals surface area (Å²) in [5.74, 6) is 0.502. The van der Waals surface area contributed by atoms with Crippen molar-refractivity contribution in [3.05, 3.63) is 33.6 Å². The molecule has 0 radical (unpaired) electrons. The van der Waals surface area contributed by atoms with Crippen LogP contribution < -0.4 is 0 Å². The van der Waals surface area contributed by atoms with E-state index in [1.165, 1.54) is 6.07 Å². The Hall–Kier alpha value is -1.81. The van der Waals surface area contributed by atoms with E-state index in [2.05, 4.69) is 9.35 Å². The average molecular weight is 238 g/mol. The molecule has 16 heavy (non-hydrogen) atoms. The Bertz CT molecular complexity index is 493. The Morgan fingerprint density at radius 1 is 1.75 bits per heavy atom. The number of rotatable bonds is 3. The van der Waals surface area contributed by atoms with Gasteiger partial charge < -0.3 is 0 Å². The molecule has 0 N–H and O–H groups in total. The highest BCUT2D eigenvalue weighted by atomic mass is 32.2. The maximum absolute atomic E-state index is 10.7. The monoisotopic (exact) mass is 238 g/mol. The Morgan fingerprint density at radius 3 is 3.00 bits per heavy atom. The lowest BCUT2D eigenvalue weighted by atomic mass is 10.2. The van der Waals surface area contributed by atoms with Crippen molar-refractivity contribution in [1.29, 1.82) is 5.26 Å². The summed E-state index contributed by atoms with van der Waals surface area (Å²) in [7, 11) is -0.448. The van der Waals surface area contributed by atoms with Crippen LogP contribution in [0.1, 0.15) is 11.3 Å². The predicted molar refractivity (Wildman–Crippen MR) is 60.7 cm³/mol. The number of aromatic nitrogens is 1. The molecular formula is C9H10N4O2S. The highest BCUT2D eigenvalue weighted by Crippen LogP contribution is 2.17. The smallest absolute Gasteiger partial charge is 0.258 e. The third-order valence-electron chi connectivity index (χ3n) is 1.89. The van der Waals surface area contributed by atoms with Crippen LogP contribution in [-0.4, -0.2) is 16.2 Å². The van der Waals surface area contributed by atoms with E-state index in [0.717, 1.165) is 5.56 Å². The highest BCUT2D eigenvalue weighted by Gasteiger charge is 2.12. The largest absolute Gasteiger partial charge is 0.290 e. The lowest BCUT2D eigenvalue weighted by Crippen LogP contribution is -1.99. The van der Waals surface area contributed by atoms with E-state index in [1.54, 1.807) is 25.6 Å². The van der Waals surface area contributed by atoms with Gasteiger partial charge in [-0.2, -0.15) is 9.62 Å². The molecule has 1 heterocycles. The van der Waals surface area contributed by atoms with Crippen LogP contribution in [0.25, 0.3) is 0 Å². The summed E-state index contributed by atoms with van der Waals surface area (Å²) in [4.78, 5) is 14.2. The zero-order valence-electron chi connectivity index (χ0n) is 8.88. The van der Waals surface area contributed by atoms with E-state index < -0.39 is 15.6 Å². The maximum Gasteiger partial charge on any atom is 0.290 e. The highest BCUT2D eigenvalue weighted by molar-refractivity contribution is 7.85. The van der Waals surface area contributed by atoms with Gasteiger partial charge in [-0.15, -0.1) is 0 Å². The maximum atomic E-state index is 10.7. The Kier molecular flexibility index (Phi) is 4.08. The summed E-state index contributed by atoms with van der Waals surface area (Å²) in [5, 5.41) is 19.0. The van der Waals surface area contributed by atoms with Gasteiger partial charge >= 0.3 is 0 Å². The minimum absolute atomic E-state index is 0.00598. The molecule has 7 heteroatoms. The van der Waals surface area contributed by atoms with Crippen molar-refractivity contribution in [3.8, 4) is 6.19 Å². The Labute approximate surface area is 95.2 Å². The third kappa shape index (κ3) is 3.10. The molecule has 1 rings (SSSR count). The standard InChI is InChI=1S/C9H10N4O2S/c1-7-9(13(14)15)3-8(4-11-7)5-16(2)12-6-10/h3-4H,5H2,1-2H3. The van der Waals surface area contributed by atoms with Gasteiger partial charge in [-0.1, -0.05) is 10.7 Å². The third-order valence-corrected chi connectivity index (χ3v) is 3.03. The fourth-order valence-corrected chi connectivity index (χ4v) is 2.01. The molecule has 0 saturated heterocycles. The topological polar surface area (TPSA) is 92.2 Å². The Balaban J connectivity index is 3.01. The van der Waals surface area contributed by atoms with Crippen LogP contribution in [0, 0.1) is 28.5 Å². The van der Waals surface area contributed by atoms with Gasteiger partial charge in [-0.3, -0.25) is 15.1 Å². The van der Waals surface area contributed by atoms with Gasteiger partial charge in [-0.25, -0.2) is 0 Å². The molecule has 0 saturated carbocycles. The molecule has 1 unspecified atom stereocenters. The molecule has 84 valence electrons. The van der Waals surface area contributed by atoms with Crippen molar-refractivity contribution >= 4 is 16.4 Å². The zero-order chi connectivity index (χ0) is 12.1. The fourth-order valence-electron chi connectivity index (χ4n) is 1.17. The summed E-state index contributed by atoms with van der Waals surface area (Å²) in [5.41, 5.74) is 1.12. The molecule has 1 aromatic rings. The van der Waals surface area contributed by atoms with Gasteiger partial charge in [0.15, 0.2) is 0 Å². The van der Waals surface area contributed by atoms with E-state index in [0.29, 0.717) is 11.4 Å². The fraction of sp³-hybridized carbons (Fsp3) is 0.333. The molecule has 0 bridgehead atoms. The Morgan fingerprint density at radius 2 is 2.44 bits per heavy atom. The van der Waals surface area contributed by atoms with Crippen LogP contribution in [-0.2, 0) is 16.4 Å². The number of hydrogen-bond acceptors (Lipinski definition) is 5. The quantitative estimate of drug-likeness (QED) is 0.455. The van der Waals surface area contributed by atoms with E-state index in [1.807, 2.05) is 0 Å². The van der Waals surface area contributed by atoms with Gasteiger partial charge in [0, 0.05) is 18.0 Å². The molecule has 0 aliphatic heterocycles. The van der Waals surface area contributed by atoms with E-state index in [-0.39, 0.29) is 5.69 Å². The molecule has 0 amide bonds. The molecule has 0 aromatic carbocycles. The van der Waals surface area contributed by atoms with Crippen LogP contribution in [0.15, 0.2) is 16.6 Å². The second kappa shape index (κ2) is 5.32. The summed E-state index contributed by atoms with van der Waals surface area (Å²) < 4.78 is 3.65. The molecule has 0 fully saturated rings. The first kappa shape index (κ1) is 12.3. The SMILES string of the molecule is Cc1ncc(CS(C)=NC#N)cc1[N+](=O)[O-]. The van der Waals surface area contributed by atoms with Crippen molar-refractivity contribution in [2.24, 2.45) is 4.36 Å². The predicted octanol–water partition coefficient (Wildman–Crippen LogP) is 1.71. The molecule has 0 spiro atoms. The lowest BCUT2D eigenvalue weighted by Gasteiger charge is -2.01. The van der Waals surface area contributed by atoms with Gasteiger partial charge in [0.2, 0.25) is 6.19 Å². The lowest BCUT2D eigenvalue weighted by molar-refractivity contribution is -0.385. The van der Waals surface area contributed by atoms with Crippen LogP contribution in [0.4, 0.5) is 5.69 Å². The van der Waals surface area contributed by atoms with Crippen LogP contribution in [0.3, 0.4) is 0 Å². The number of nitriles is 1. The van der Waals surface area contributed by atoms with Crippen LogP contribution in [0.2, 0.25) is 0 Å². The summed E-state index contributed by atoms with van der Waals surface area (Å²) >= 11 is 0. The van der Waals surface area contributed by atoms with Crippen molar-refractivity contribution < 1.29 is 4.92 Å². The van der Waals surface area contributed by atoms with Crippen molar-refractivity contribution in [2.45, 2.75) is 12.7 Å². The first-order valence-electron chi connectivity index (χ1n) is 4.37. The van der Waals surface area contributed by atoms with E-state index in [9.17, 15) is 10.1 Å². The van der Waals surface area contributed by atoms with E-state index >= 15 is 0 Å². The summed E-state index contributed by atoms with van der Waals surface area (Å²) in [6.07, 6.45) is 5.10. The minimum atomic E-state index is -0.457. The van der Waals surface area contributed by atoms with Crippen molar-refractivity contribution in [2.75, 3.05) is 6.26 Å². The molecular weight excluding hydrogens is 228 g/mol. The van der Waals surface area contributed by atoms with Crippen LogP contribution >= 0.6 is 0 Å². The number of pyridine rings is 1.